The van der Waals surface area contributed by atoms with E-state index in [1.165, 1.54) is 6.26 Å². The van der Waals surface area contributed by atoms with Gasteiger partial charge in [0.15, 0.2) is 5.76 Å². The van der Waals surface area contributed by atoms with Crippen LogP contribution in [0.15, 0.2) is 35.2 Å². The Morgan fingerprint density at radius 3 is 3.12 bits per heavy atom. The van der Waals surface area contributed by atoms with E-state index in [1.807, 2.05) is 10.8 Å². The number of furan rings is 1. The van der Waals surface area contributed by atoms with Crippen LogP contribution in [0.4, 0.5) is 0 Å². The number of carbonyl (C=O) groups excluding carboxylic acids is 1. The second-order valence-electron chi connectivity index (χ2n) is 3.62. The largest absolute Gasteiger partial charge is 0.461 e. The fraction of sp³-hybridized carbons (Fsp3) is 0.333. The molecule has 2 heterocycles. The summed E-state index contributed by atoms with van der Waals surface area (Å²) in [5, 5.41) is 0. The molecule has 0 atom stereocenters. The predicted molar refractivity (Wildman–Crippen MR) is 59.3 cm³/mol. The first-order valence-electron chi connectivity index (χ1n) is 5.38. The first-order valence-corrected chi connectivity index (χ1v) is 5.38. The highest BCUT2D eigenvalue weighted by Gasteiger charge is 2.11. The maximum Gasteiger partial charge on any atom is 0.217 e. The Hall–Kier alpha value is -1.84. The van der Waals surface area contributed by atoms with Crippen LogP contribution < -0.4 is 0 Å². The van der Waals surface area contributed by atoms with E-state index >= 15 is 0 Å². The number of imidazole rings is 1. The van der Waals surface area contributed by atoms with Crippen LogP contribution in [0.25, 0.3) is 0 Å². The van der Waals surface area contributed by atoms with Gasteiger partial charge in [0.25, 0.3) is 0 Å². The zero-order chi connectivity index (χ0) is 11.4. The maximum absolute atomic E-state index is 11.8. The molecule has 4 nitrogen and oxygen atoms in total. The summed E-state index contributed by atoms with van der Waals surface area (Å²) in [6.07, 6.45) is 6.96. The molecule has 84 valence electrons. The Morgan fingerprint density at radius 1 is 1.56 bits per heavy atom. The zero-order valence-electron chi connectivity index (χ0n) is 9.22. The van der Waals surface area contributed by atoms with Gasteiger partial charge in [-0.05, 0) is 18.6 Å². The topological polar surface area (TPSA) is 48.0 Å². The number of hydrogen-bond donors (Lipinski definition) is 0. The van der Waals surface area contributed by atoms with Gasteiger partial charge in [-0.15, -0.1) is 0 Å². The molecule has 2 rings (SSSR count). The van der Waals surface area contributed by atoms with Gasteiger partial charge in [0, 0.05) is 18.8 Å². The quantitative estimate of drug-likeness (QED) is 0.723. The number of hydrogen-bond acceptors (Lipinski definition) is 3. The van der Waals surface area contributed by atoms with Crippen molar-refractivity contribution in [2.45, 2.75) is 26.3 Å². The Balaban J connectivity index is 2.09. The van der Waals surface area contributed by atoms with Crippen molar-refractivity contribution in [1.82, 2.24) is 9.55 Å². The highest BCUT2D eigenvalue weighted by molar-refractivity contribution is 5.93. The van der Waals surface area contributed by atoms with Gasteiger partial charge in [-0.2, -0.15) is 0 Å². The second-order valence-corrected chi connectivity index (χ2v) is 3.62. The molecule has 0 aliphatic rings. The molecular weight excluding hydrogens is 204 g/mol. The summed E-state index contributed by atoms with van der Waals surface area (Å²) in [5.74, 6) is 1.32. The van der Waals surface area contributed by atoms with Crippen molar-refractivity contribution in [1.29, 1.82) is 0 Å². The van der Waals surface area contributed by atoms with Crippen LogP contribution >= 0.6 is 0 Å². The van der Waals surface area contributed by atoms with Crippen molar-refractivity contribution in [2.24, 2.45) is 0 Å². The third-order valence-electron chi connectivity index (χ3n) is 2.39. The van der Waals surface area contributed by atoms with Gasteiger partial charge in [0.2, 0.25) is 5.78 Å². The Kier molecular flexibility index (Phi) is 3.19. The SMILES string of the molecule is CCCc1nccn1CC(=O)c1ccco1. The lowest BCUT2D eigenvalue weighted by Crippen LogP contribution is -2.11. The molecule has 4 heteroatoms. The molecule has 0 aliphatic heterocycles. The molecule has 2 aromatic heterocycles. The van der Waals surface area contributed by atoms with Crippen molar-refractivity contribution in [3.63, 3.8) is 0 Å². The Morgan fingerprint density at radius 2 is 2.44 bits per heavy atom. The predicted octanol–water partition coefficient (Wildman–Crippen LogP) is 2.31. The molecule has 2 aromatic rings. The minimum absolute atomic E-state index is 0.0275. The van der Waals surface area contributed by atoms with E-state index in [9.17, 15) is 4.79 Å². The third kappa shape index (κ3) is 2.21. The van der Waals surface area contributed by atoms with Gasteiger partial charge in [-0.3, -0.25) is 4.79 Å². The number of aryl methyl sites for hydroxylation is 1. The van der Waals surface area contributed by atoms with Gasteiger partial charge in [-0.1, -0.05) is 6.92 Å². The average molecular weight is 218 g/mol. The normalized spacial score (nSPS) is 10.6. The smallest absolute Gasteiger partial charge is 0.217 e. The summed E-state index contributed by atoms with van der Waals surface area (Å²) in [6, 6.07) is 3.40. The van der Waals surface area contributed by atoms with Crippen molar-refractivity contribution in [2.75, 3.05) is 0 Å². The summed E-state index contributed by atoms with van der Waals surface area (Å²) in [4.78, 5) is 16.0. The summed E-state index contributed by atoms with van der Waals surface area (Å²) in [6.45, 7) is 2.39. The van der Waals surface area contributed by atoms with Crippen LogP contribution in [0, 0.1) is 0 Å². The molecule has 0 amide bonds. The van der Waals surface area contributed by atoms with Gasteiger partial charge >= 0.3 is 0 Å². The number of ketones is 1. The Bertz CT molecular complexity index is 457. The minimum Gasteiger partial charge on any atom is -0.461 e. The average Bonchev–Trinajstić information content (AvgIpc) is 2.90. The molecule has 0 bridgehead atoms. The van der Waals surface area contributed by atoms with Gasteiger partial charge < -0.3 is 8.98 Å². The lowest BCUT2D eigenvalue weighted by molar-refractivity contribution is 0.0944. The molecule has 0 saturated heterocycles. The Labute approximate surface area is 93.9 Å². The molecule has 0 N–H and O–H groups in total. The molecule has 0 unspecified atom stereocenters. The van der Waals surface area contributed by atoms with Crippen molar-refractivity contribution in [3.8, 4) is 0 Å². The van der Waals surface area contributed by atoms with Crippen LogP contribution in [0.2, 0.25) is 0 Å². The molecular formula is C12H14N2O2. The van der Waals surface area contributed by atoms with E-state index in [-0.39, 0.29) is 5.78 Å². The van der Waals surface area contributed by atoms with Crippen molar-refractivity contribution < 1.29 is 9.21 Å². The third-order valence-corrected chi connectivity index (χ3v) is 2.39. The van der Waals surface area contributed by atoms with Crippen LogP contribution in [-0.4, -0.2) is 15.3 Å². The molecule has 0 spiro atoms. The monoisotopic (exact) mass is 218 g/mol. The first-order chi connectivity index (χ1) is 7.81. The van der Waals surface area contributed by atoms with Gasteiger partial charge in [0.05, 0.1) is 12.8 Å². The van der Waals surface area contributed by atoms with Crippen LogP contribution in [-0.2, 0) is 13.0 Å². The standard InChI is InChI=1S/C12H14N2O2/c1-2-4-12-13-6-7-14(12)9-10(15)11-5-3-8-16-11/h3,5-8H,2,4,9H2,1H3. The van der Waals surface area contributed by atoms with E-state index < -0.39 is 0 Å². The van der Waals surface area contributed by atoms with Crippen molar-refractivity contribution >= 4 is 5.78 Å². The number of aromatic nitrogens is 2. The molecule has 0 aromatic carbocycles. The number of rotatable bonds is 5. The summed E-state index contributed by atoms with van der Waals surface area (Å²) in [5.41, 5.74) is 0. The lowest BCUT2D eigenvalue weighted by Gasteiger charge is -2.04. The molecule has 0 radical (unpaired) electrons. The first kappa shape index (κ1) is 10.7. The molecule has 0 saturated carbocycles. The van der Waals surface area contributed by atoms with E-state index in [1.54, 1.807) is 18.3 Å². The zero-order valence-corrected chi connectivity index (χ0v) is 9.22. The molecule has 0 fully saturated rings. The van der Waals surface area contributed by atoms with E-state index in [0.717, 1.165) is 18.7 Å². The van der Waals surface area contributed by atoms with E-state index in [4.69, 9.17) is 4.42 Å². The van der Waals surface area contributed by atoms with Gasteiger partial charge in [-0.25, -0.2) is 4.98 Å². The minimum atomic E-state index is -0.0275. The summed E-state index contributed by atoms with van der Waals surface area (Å²) >= 11 is 0. The maximum atomic E-state index is 11.8. The number of Topliss-reactive ketones (excluding diaryl/α,β-unsaturated/α-hetero) is 1. The van der Waals surface area contributed by atoms with Crippen LogP contribution in [0.3, 0.4) is 0 Å². The van der Waals surface area contributed by atoms with Crippen LogP contribution in [0.1, 0.15) is 29.7 Å². The van der Waals surface area contributed by atoms with Gasteiger partial charge in [0.1, 0.15) is 5.82 Å². The summed E-state index contributed by atoms with van der Waals surface area (Å²) < 4.78 is 6.93. The number of carbonyl (C=O) groups is 1. The highest BCUT2D eigenvalue weighted by Crippen LogP contribution is 2.06. The fourth-order valence-electron chi connectivity index (χ4n) is 1.61. The molecule has 16 heavy (non-hydrogen) atoms. The second kappa shape index (κ2) is 4.79. The lowest BCUT2D eigenvalue weighted by atomic mass is 10.3. The van der Waals surface area contributed by atoms with E-state index in [0.29, 0.717) is 12.3 Å². The molecule has 0 aliphatic carbocycles. The van der Waals surface area contributed by atoms with E-state index in [2.05, 4.69) is 11.9 Å². The fourth-order valence-corrected chi connectivity index (χ4v) is 1.61. The van der Waals surface area contributed by atoms with Crippen molar-refractivity contribution in [3.05, 3.63) is 42.4 Å². The van der Waals surface area contributed by atoms with Crippen LogP contribution in [0.5, 0.6) is 0 Å². The summed E-state index contributed by atoms with van der Waals surface area (Å²) in [7, 11) is 0. The number of nitrogens with zero attached hydrogens (tertiary/aromatic N) is 2. The highest BCUT2D eigenvalue weighted by atomic mass is 16.3.